The highest BCUT2D eigenvalue weighted by molar-refractivity contribution is 7.52. The highest BCUT2D eigenvalue weighted by Gasteiger charge is 2.55. The number of halogens is 1. The molecule has 1 fully saturated rings. The smallest absolute Gasteiger partial charge is 0.459 e. The Hall–Kier alpha value is -2.83. The Labute approximate surface area is 205 Å². The standard InChI is InChI=1S/C22H29FN3O9P/c1-13(2)33-19(29)14(3)25-36(31,35-15-8-6-5-7-9-15)32-12-16-18(28)22(4,23)20(34-16)26-11-10-17(27)24-21(26)30/h5-11,13-14,16,18,20,28H,12H2,1-4H3,(H,25,31)(H,24,27,30)/t14-,16-,18+,20-,22+,36-/m1/s1. The number of alkyl halides is 1. The van der Waals surface area contributed by atoms with Crippen molar-refractivity contribution < 1.29 is 37.4 Å². The van der Waals surface area contributed by atoms with E-state index < -0.39 is 67.8 Å². The van der Waals surface area contributed by atoms with Crippen molar-refractivity contribution in [1.82, 2.24) is 14.6 Å². The maximum absolute atomic E-state index is 15.4. The minimum absolute atomic E-state index is 0.152. The van der Waals surface area contributed by atoms with Crippen LogP contribution in [0.5, 0.6) is 5.75 Å². The summed E-state index contributed by atoms with van der Waals surface area (Å²) in [6.45, 7) is 5.07. The second-order valence-corrected chi connectivity index (χ2v) is 10.4. The van der Waals surface area contributed by atoms with Crippen LogP contribution in [0.2, 0.25) is 0 Å². The van der Waals surface area contributed by atoms with E-state index in [9.17, 15) is 24.1 Å². The van der Waals surface area contributed by atoms with Gasteiger partial charge in [-0.1, -0.05) is 18.2 Å². The molecule has 1 aliphatic rings. The van der Waals surface area contributed by atoms with Crippen molar-refractivity contribution in [1.29, 1.82) is 0 Å². The molecule has 3 rings (SSSR count). The van der Waals surface area contributed by atoms with E-state index >= 15 is 4.39 Å². The van der Waals surface area contributed by atoms with E-state index in [1.54, 1.807) is 32.0 Å². The highest BCUT2D eigenvalue weighted by atomic mass is 31.2. The number of aliphatic hydroxyl groups is 1. The van der Waals surface area contributed by atoms with E-state index in [-0.39, 0.29) is 5.75 Å². The fourth-order valence-corrected chi connectivity index (χ4v) is 4.97. The number of rotatable bonds is 10. The Bertz CT molecular complexity index is 1220. The fraction of sp³-hybridized carbons (Fsp3) is 0.500. The number of hydrogen-bond donors (Lipinski definition) is 3. The van der Waals surface area contributed by atoms with E-state index in [0.717, 1.165) is 23.8 Å². The quantitative estimate of drug-likeness (QED) is 0.305. The molecule has 0 aliphatic carbocycles. The number of nitrogens with one attached hydrogen (secondary N) is 2. The number of esters is 1. The van der Waals surface area contributed by atoms with Crippen molar-refractivity contribution in [3.8, 4) is 5.75 Å². The molecule has 2 aromatic rings. The second kappa shape index (κ2) is 11.1. The van der Waals surface area contributed by atoms with E-state index in [2.05, 4.69) is 5.09 Å². The average Bonchev–Trinajstić information content (AvgIpc) is 3.01. The summed E-state index contributed by atoms with van der Waals surface area (Å²) < 4.78 is 51.4. The maximum atomic E-state index is 15.4. The number of carbonyl (C=O) groups is 1. The molecule has 1 aromatic carbocycles. The SMILES string of the molecule is CC(C)OC(=O)[C@@H](C)N[P@@](=O)(OC[C@H]1O[C@@H](n2ccc(=O)[nH]c2=O)[C@@](C)(F)[C@H]1O)Oc1ccccc1. The van der Waals surface area contributed by atoms with Gasteiger partial charge in [0, 0.05) is 12.3 Å². The van der Waals surface area contributed by atoms with Crippen LogP contribution in [0.3, 0.4) is 0 Å². The van der Waals surface area contributed by atoms with Crippen LogP contribution in [0, 0.1) is 0 Å². The number of aromatic nitrogens is 2. The third-order valence-corrected chi connectivity index (χ3v) is 6.90. The number of hydrogen-bond acceptors (Lipinski definition) is 9. The molecule has 0 amide bonds. The highest BCUT2D eigenvalue weighted by Crippen LogP contribution is 2.47. The van der Waals surface area contributed by atoms with Crippen molar-refractivity contribution in [2.45, 2.75) is 63.9 Å². The summed E-state index contributed by atoms with van der Waals surface area (Å²) in [4.78, 5) is 37.7. The number of carbonyl (C=O) groups excluding carboxylic acids is 1. The van der Waals surface area contributed by atoms with Gasteiger partial charge in [-0.2, -0.15) is 5.09 Å². The van der Waals surface area contributed by atoms with Gasteiger partial charge in [0.25, 0.3) is 5.56 Å². The van der Waals surface area contributed by atoms with Gasteiger partial charge < -0.3 is 19.1 Å². The van der Waals surface area contributed by atoms with Crippen molar-refractivity contribution >= 4 is 13.7 Å². The minimum atomic E-state index is -4.30. The van der Waals surface area contributed by atoms with Gasteiger partial charge in [-0.05, 0) is 39.8 Å². The molecule has 0 saturated carbocycles. The number of nitrogens with zero attached hydrogens (tertiary/aromatic N) is 1. The summed E-state index contributed by atoms with van der Waals surface area (Å²) in [7, 11) is -4.30. The monoisotopic (exact) mass is 529 g/mol. The molecule has 2 heterocycles. The number of aromatic amines is 1. The fourth-order valence-electron chi connectivity index (χ4n) is 3.47. The normalized spacial score (nSPS) is 26.4. The van der Waals surface area contributed by atoms with Crippen LogP contribution >= 0.6 is 7.75 Å². The van der Waals surface area contributed by atoms with Crippen LogP contribution in [0.15, 0.2) is 52.2 Å². The Kier molecular flexibility index (Phi) is 8.52. The molecule has 0 radical (unpaired) electrons. The second-order valence-electron chi connectivity index (χ2n) is 8.67. The zero-order valence-corrected chi connectivity index (χ0v) is 21.0. The summed E-state index contributed by atoms with van der Waals surface area (Å²) in [5.41, 5.74) is -4.12. The zero-order chi connectivity index (χ0) is 26.7. The molecule has 198 valence electrons. The summed E-state index contributed by atoms with van der Waals surface area (Å²) >= 11 is 0. The van der Waals surface area contributed by atoms with Gasteiger partial charge in [-0.25, -0.2) is 13.8 Å². The van der Waals surface area contributed by atoms with Gasteiger partial charge in [-0.15, -0.1) is 0 Å². The number of benzene rings is 1. The average molecular weight is 529 g/mol. The molecule has 1 saturated heterocycles. The van der Waals surface area contributed by atoms with Gasteiger partial charge in [-0.3, -0.25) is 23.7 Å². The maximum Gasteiger partial charge on any atom is 0.459 e. The molecule has 0 spiro atoms. The van der Waals surface area contributed by atoms with Gasteiger partial charge >= 0.3 is 19.4 Å². The molecule has 6 atom stereocenters. The lowest BCUT2D eigenvalue weighted by molar-refractivity contribution is -0.149. The summed E-state index contributed by atoms with van der Waals surface area (Å²) in [5.74, 6) is -0.560. The van der Waals surface area contributed by atoms with E-state index in [1.807, 2.05) is 4.98 Å². The molecule has 14 heteroatoms. The van der Waals surface area contributed by atoms with Crippen LogP contribution in [0.1, 0.15) is 33.9 Å². The molecular formula is C22H29FN3O9P. The lowest BCUT2D eigenvalue weighted by Gasteiger charge is -2.25. The van der Waals surface area contributed by atoms with Crippen LogP contribution in [0.25, 0.3) is 0 Å². The Morgan fingerprint density at radius 2 is 1.94 bits per heavy atom. The topological polar surface area (TPSA) is 158 Å². The van der Waals surface area contributed by atoms with Crippen LogP contribution in [0.4, 0.5) is 4.39 Å². The molecule has 0 unspecified atom stereocenters. The Balaban J connectivity index is 1.80. The summed E-state index contributed by atoms with van der Waals surface area (Å²) in [6.07, 6.45) is -4.21. The first-order chi connectivity index (χ1) is 16.8. The Morgan fingerprint density at radius 1 is 1.28 bits per heavy atom. The van der Waals surface area contributed by atoms with Crippen molar-refractivity contribution in [3.63, 3.8) is 0 Å². The van der Waals surface area contributed by atoms with E-state index in [4.69, 9.17) is 18.5 Å². The molecule has 0 bridgehead atoms. The van der Waals surface area contributed by atoms with Gasteiger partial charge in [0.15, 0.2) is 11.9 Å². The van der Waals surface area contributed by atoms with Gasteiger partial charge in [0.2, 0.25) is 0 Å². The molecule has 1 aliphatic heterocycles. The predicted octanol–water partition coefficient (Wildman–Crippen LogP) is 1.66. The molecular weight excluding hydrogens is 500 g/mol. The summed E-state index contributed by atoms with van der Waals surface area (Å²) in [5, 5.41) is 13.0. The van der Waals surface area contributed by atoms with Crippen molar-refractivity contribution in [2.24, 2.45) is 0 Å². The number of para-hydroxylation sites is 1. The number of ether oxygens (including phenoxy) is 2. The third kappa shape index (κ3) is 6.48. The lowest BCUT2D eigenvalue weighted by atomic mass is 9.98. The number of aliphatic hydroxyl groups excluding tert-OH is 1. The zero-order valence-electron chi connectivity index (χ0n) is 20.1. The lowest BCUT2D eigenvalue weighted by Crippen LogP contribution is -2.43. The van der Waals surface area contributed by atoms with Crippen LogP contribution in [-0.2, 0) is 23.4 Å². The van der Waals surface area contributed by atoms with Crippen molar-refractivity contribution in [2.75, 3.05) is 6.61 Å². The van der Waals surface area contributed by atoms with Gasteiger partial charge in [0.1, 0.15) is 24.0 Å². The van der Waals surface area contributed by atoms with E-state index in [1.165, 1.54) is 19.1 Å². The molecule has 3 N–H and O–H groups in total. The minimum Gasteiger partial charge on any atom is -0.462 e. The first-order valence-electron chi connectivity index (χ1n) is 11.1. The largest absolute Gasteiger partial charge is 0.462 e. The third-order valence-electron chi connectivity index (χ3n) is 5.26. The first kappa shape index (κ1) is 27.8. The summed E-state index contributed by atoms with van der Waals surface area (Å²) in [6, 6.07) is 7.86. The molecule has 36 heavy (non-hydrogen) atoms. The van der Waals surface area contributed by atoms with E-state index in [0.29, 0.717) is 0 Å². The van der Waals surface area contributed by atoms with Crippen LogP contribution < -0.4 is 20.9 Å². The first-order valence-corrected chi connectivity index (χ1v) is 12.7. The molecule has 12 nitrogen and oxygen atoms in total. The predicted molar refractivity (Wildman–Crippen MR) is 125 cm³/mol. The van der Waals surface area contributed by atoms with Crippen molar-refractivity contribution in [3.05, 3.63) is 63.4 Å². The Morgan fingerprint density at radius 3 is 2.56 bits per heavy atom. The number of H-pyrrole nitrogens is 1. The van der Waals surface area contributed by atoms with Gasteiger partial charge in [0.05, 0.1) is 12.7 Å². The van der Waals surface area contributed by atoms with Crippen LogP contribution in [-0.4, -0.2) is 57.3 Å². The molecule has 1 aromatic heterocycles.